The molecule has 2 N–H and O–H groups in total. The molecular weight excluding hydrogens is 396 g/mol. The lowest BCUT2D eigenvalue weighted by Gasteiger charge is -2.68. The maximum absolute atomic E-state index is 12.6. The molecule has 0 radical (unpaired) electrons. The lowest BCUT2D eigenvalue weighted by Crippen LogP contribution is -2.62. The zero-order valence-electron chi connectivity index (χ0n) is 21.3. The van der Waals surface area contributed by atoms with Crippen LogP contribution in [-0.4, -0.2) is 22.3 Å². The van der Waals surface area contributed by atoms with Gasteiger partial charge >= 0.3 is 5.97 Å². The molecule has 3 heteroatoms. The van der Waals surface area contributed by atoms with E-state index in [9.17, 15) is 15.0 Å². The van der Waals surface area contributed by atoms with E-state index in [2.05, 4.69) is 47.6 Å². The first-order chi connectivity index (χ1) is 14.8. The molecule has 4 fully saturated rings. The monoisotopic (exact) mass is 442 g/mol. The molecule has 3 nitrogen and oxygen atoms in total. The van der Waals surface area contributed by atoms with Crippen molar-refractivity contribution >= 4 is 5.97 Å². The fourth-order valence-electron chi connectivity index (χ4n) is 10.3. The number of hydrogen-bond acceptors (Lipinski definition) is 2. The topological polar surface area (TPSA) is 57.5 Å². The van der Waals surface area contributed by atoms with Crippen molar-refractivity contribution in [2.24, 2.45) is 50.7 Å². The van der Waals surface area contributed by atoms with Crippen molar-refractivity contribution in [3.63, 3.8) is 0 Å². The number of aliphatic hydroxyl groups is 1. The molecule has 4 unspecified atom stereocenters. The van der Waals surface area contributed by atoms with Crippen LogP contribution in [0, 0.1) is 50.7 Å². The smallest absolute Gasteiger partial charge is 0.310 e. The van der Waals surface area contributed by atoms with Crippen molar-refractivity contribution in [3.8, 4) is 0 Å². The van der Waals surface area contributed by atoms with Crippen molar-refractivity contribution in [1.29, 1.82) is 0 Å². The van der Waals surface area contributed by atoms with Gasteiger partial charge in [-0.3, -0.25) is 4.79 Å². The summed E-state index contributed by atoms with van der Waals surface area (Å²) in [5.74, 6) is 1.43. The Morgan fingerprint density at radius 2 is 1.53 bits per heavy atom. The van der Waals surface area contributed by atoms with Crippen molar-refractivity contribution < 1.29 is 15.0 Å². The molecule has 0 spiro atoms. The van der Waals surface area contributed by atoms with Crippen LogP contribution in [0.1, 0.15) is 106 Å². The molecule has 0 heterocycles. The van der Waals surface area contributed by atoms with E-state index in [0.717, 1.165) is 51.4 Å². The van der Waals surface area contributed by atoms with Crippen LogP contribution >= 0.6 is 0 Å². The molecule has 32 heavy (non-hydrogen) atoms. The lowest BCUT2D eigenvalue weighted by molar-refractivity contribution is -0.188. The van der Waals surface area contributed by atoms with Crippen LogP contribution in [0.5, 0.6) is 0 Å². The molecule has 5 aliphatic carbocycles. The van der Waals surface area contributed by atoms with E-state index >= 15 is 0 Å². The molecule has 0 bridgehead atoms. The largest absolute Gasteiger partial charge is 0.481 e. The number of carboxylic acids is 1. The van der Waals surface area contributed by atoms with Gasteiger partial charge in [-0.05, 0) is 110 Å². The molecule has 5 aliphatic rings. The van der Waals surface area contributed by atoms with Crippen molar-refractivity contribution in [3.05, 3.63) is 11.6 Å². The molecule has 4 saturated carbocycles. The van der Waals surface area contributed by atoms with E-state index in [1.165, 1.54) is 18.4 Å². The summed E-state index contributed by atoms with van der Waals surface area (Å²) in [5, 5.41) is 21.2. The Kier molecular flexibility index (Phi) is 4.92. The SMILES string of the molecule is CC1(C)CC[C@]2(C(=O)O)CCC3C(=CCC4[C@@]3(C)CCC3C(C)(C)[C@H](O)CC[C@@]34C)C2C1. The molecule has 0 aromatic carbocycles. The molecular formula is C29H46O3. The fraction of sp³-hybridized carbons (Fsp3) is 0.897. The van der Waals surface area contributed by atoms with Crippen LogP contribution in [0.4, 0.5) is 0 Å². The fourth-order valence-corrected chi connectivity index (χ4v) is 10.3. The van der Waals surface area contributed by atoms with Crippen LogP contribution < -0.4 is 0 Å². The summed E-state index contributed by atoms with van der Waals surface area (Å²) < 4.78 is 0. The number of fused-ring (bicyclic) bond motifs is 7. The van der Waals surface area contributed by atoms with Crippen LogP contribution in [0.25, 0.3) is 0 Å². The Morgan fingerprint density at radius 1 is 0.844 bits per heavy atom. The second-order valence-electron chi connectivity index (χ2n) is 14.4. The highest BCUT2D eigenvalue weighted by Crippen LogP contribution is 2.72. The van der Waals surface area contributed by atoms with Crippen molar-refractivity contribution in [1.82, 2.24) is 0 Å². The van der Waals surface area contributed by atoms with Gasteiger partial charge in [-0.15, -0.1) is 0 Å². The number of hydrogen-bond donors (Lipinski definition) is 2. The zero-order valence-corrected chi connectivity index (χ0v) is 21.3. The van der Waals surface area contributed by atoms with Gasteiger partial charge in [-0.25, -0.2) is 0 Å². The van der Waals surface area contributed by atoms with Crippen molar-refractivity contribution in [2.75, 3.05) is 0 Å². The molecule has 0 aromatic rings. The molecule has 0 aromatic heterocycles. The van der Waals surface area contributed by atoms with E-state index in [0.29, 0.717) is 17.8 Å². The van der Waals surface area contributed by atoms with Gasteiger partial charge in [0.1, 0.15) is 0 Å². The van der Waals surface area contributed by atoms with Gasteiger partial charge in [0.15, 0.2) is 0 Å². The normalized spacial score (nSPS) is 51.3. The third-order valence-electron chi connectivity index (χ3n) is 12.2. The minimum atomic E-state index is -0.539. The summed E-state index contributed by atoms with van der Waals surface area (Å²) in [5.41, 5.74) is 1.75. The quantitative estimate of drug-likeness (QED) is 0.437. The van der Waals surface area contributed by atoms with Gasteiger partial charge in [-0.2, -0.15) is 0 Å². The summed E-state index contributed by atoms with van der Waals surface area (Å²) in [4.78, 5) is 12.6. The van der Waals surface area contributed by atoms with Crippen LogP contribution in [0.15, 0.2) is 11.6 Å². The lowest BCUT2D eigenvalue weighted by atomic mass is 9.37. The molecule has 180 valence electrons. The summed E-state index contributed by atoms with van der Waals surface area (Å²) in [6.07, 6.45) is 12.8. The second kappa shape index (κ2) is 6.86. The Bertz CT molecular complexity index is 839. The van der Waals surface area contributed by atoms with Gasteiger partial charge in [0.05, 0.1) is 11.5 Å². The second-order valence-corrected chi connectivity index (χ2v) is 14.4. The molecule has 0 aliphatic heterocycles. The van der Waals surface area contributed by atoms with E-state index in [1.807, 2.05) is 0 Å². The highest BCUT2D eigenvalue weighted by molar-refractivity contribution is 5.76. The maximum atomic E-state index is 12.6. The van der Waals surface area contributed by atoms with Crippen molar-refractivity contribution in [2.45, 2.75) is 112 Å². The Hall–Kier alpha value is -0.830. The van der Waals surface area contributed by atoms with E-state index in [1.54, 1.807) is 0 Å². The zero-order chi connectivity index (χ0) is 23.3. The van der Waals surface area contributed by atoms with Gasteiger partial charge in [0, 0.05) is 0 Å². The number of carboxylic acid groups (broad SMARTS) is 1. The standard InChI is InChI=1S/C29H46O3/c1-25(2)15-16-29(24(31)32)14-9-19-18(20(29)17-25)7-8-22-27(19,5)12-10-21-26(3,4)23(30)11-13-28(21,22)6/h7,19-23,30H,8-17H2,1-6H3,(H,31,32)/t19?,20?,21?,22?,23-,27+,28+,29-/m1/s1. The Labute approximate surface area is 195 Å². The first-order valence-electron chi connectivity index (χ1n) is 13.4. The predicted octanol–water partition coefficient (Wildman–Crippen LogP) is 6.84. The number of rotatable bonds is 1. The third kappa shape index (κ3) is 2.85. The predicted molar refractivity (Wildman–Crippen MR) is 128 cm³/mol. The summed E-state index contributed by atoms with van der Waals surface area (Å²) in [6.45, 7) is 14.4. The summed E-state index contributed by atoms with van der Waals surface area (Å²) in [7, 11) is 0. The third-order valence-corrected chi connectivity index (χ3v) is 12.2. The molecule has 0 amide bonds. The van der Waals surface area contributed by atoms with Crippen LogP contribution in [0.2, 0.25) is 0 Å². The molecule has 0 saturated heterocycles. The number of carbonyl (C=O) groups is 1. The molecule has 8 atom stereocenters. The summed E-state index contributed by atoms with van der Waals surface area (Å²) >= 11 is 0. The average Bonchev–Trinajstić information content (AvgIpc) is 2.70. The minimum absolute atomic E-state index is 0.0171. The minimum Gasteiger partial charge on any atom is -0.481 e. The highest BCUT2D eigenvalue weighted by atomic mass is 16.4. The summed E-state index contributed by atoms with van der Waals surface area (Å²) in [6, 6.07) is 0. The van der Waals surface area contributed by atoms with E-state index in [4.69, 9.17) is 0 Å². The van der Waals surface area contributed by atoms with E-state index in [-0.39, 0.29) is 33.7 Å². The van der Waals surface area contributed by atoms with E-state index < -0.39 is 11.4 Å². The van der Waals surface area contributed by atoms with Crippen LogP contribution in [0.3, 0.4) is 0 Å². The maximum Gasteiger partial charge on any atom is 0.310 e. The first kappa shape index (κ1) is 22.9. The number of aliphatic carboxylic acids is 1. The first-order valence-corrected chi connectivity index (χ1v) is 13.4. The molecule has 5 rings (SSSR count). The van der Waals surface area contributed by atoms with Gasteiger partial charge in [-0.1, -0.05) is 53.2 Å². The number of allylic oxidation sites excluding steroid dienone is 2. The van der Waals surface area contributed by atoms with Gasteiger partial charge < -0.3 is 10.2 Å². The van der Waals surface area contributed by atoms with Gasteiger partial charge in [0.25, 0.3) is 0 Å². The average molecular weight is 443 g/mol. The van der Waals surface area contributed by atoms with Gasteiger partial charge in [0.2, 0.25) is 0 Å². The Balaban J connectivity index is 1.55. The number of aliphatic hydroxyl groups excluding tert-OH is 1. The highest BCUT2D eigenvalue weighted by Gasteiger charge is 2.65. The van der Waals surface area contributed by atoms with Crippen LogP contribution in [-0.2, 0) is 4.79 Å². The Morgan fingerprint density at radius 3 is 2.22 bits per heavy atom.